The summed E-state index contributed by atoms with van der Waals surface area (Å²) in [6, 6.07) is 7.86. The molecule has 3 heterocycles. The minimum absolute atomic E-state index is 0.139. The maximum Gasteiger partial charge on any atom is 0.331 e. The predicted molar refractivity (Wildman–Crippen MR) is 178 cm³/mol. The van der Waals surface area contributed by atoms with Crippen molar-refractivity contribution in [2.45, 2.75) is 112 Å². The third-order valence-corrected chi connectivity index (χ3v) is 9.35. The Balaban J connectivity index is 1.40. The molecule has 3 saturated heterocycles. The number of aliphatic hydroxyl groups excluding tert-OH is 7. The van der Waals surface area contributed by atoms with Crippen LogP contribution in [-0.4, -0.2) is 167 Å². The lowest BCUT2D eigenvalue weighted by atomic mass is 9.96. The van der Waals surface area contributed by atoms with E-state index in [0.29, 0.717) is 11.1 Å². The van der Waals surface area contributed by atoms with Crippen molar-refractivity contribution in [2.24, 2.45) is 0 Å². The smallest absolute Gasteiger partial charge is 0.331 e. The van der Waals surface area contributed by atoms with Gasteiger partial charge in [0.1, 0.15) is 54.9 Å². The Morgan fingerprint density at radius 1 is 0.667 bits per heavy atom. The zero-order valence-electron chi connectivity index (χ0n) is 29.1. The number of carbonyl (C=O) groups excluding carboxylic acids is 1. The van der Waals surface area contributed by atoms with Crippen molar-refractivity contribution in [2.75, 3.05) is 13.2 Å². The Hall–Kier alpha value is -3.67. The van der Waals surface area contributed by atoms with E-state index in [1.807, 2.05) is 0 Å². The summed E-state index contributed by atoms with van der Waals surface area (Å²) in [6.45, 7) is 1.84. The van der Waals surface area contributed by atoms with Crippen LogP contribution in [0.3, 0.4) is 0 Å². The highest BCUT2D eigenvalue weighted by Crippen LogP contribution is 2.34. The predicted octanol–water partition coefficient (Wildman–Crippen LogP) is -2.16. The number of phenolic OH excluding ortho intramolecular Hbond substituents is 4. The van der Waals surface area contributed by atoms with Crippen LogP contribution in [0.2, 0.25) is 0 Å². The molecule has 3 aliphatic rings. The highest BCUT2D eigenvalue weighted by atomic mass is 16.8. The van der Waals surface area contributed by atoms with Gasteiger partial charge in [-0.25, -0.2) is 4.79 Å². The van der Waals surface area contributed by atoms with E-state index in [1.165, 1.54) is 56.3 Å². The minimum atomic E-state index is -1.84. The summed E-state index contributed by atoms with van der Waals surface area (Å²) < 4.78 is 40.5. The molecule has 0 spiro atoms. The number of aliphatic hydroxyl groups is 7. The van der Waals surface area contributed by atoms with Crippen LogP contribution < -0.4 is 0 Å². The van der Waals surface area contributed by atoms with Crippen molar-refractivity contribution in [3.63, 3.8) is 0 Å². The molecule has 0 radical (unpaired) electrons. The van der Waals surface area contributed by atoms with Gasteiger partial charge in [-0.15, -0.1) is 0 Å². The fraction of sp³-hybridized carbons (Fsp3) is 0.571. The zero-order valence-corrected chi connectivity index (χ0v) is 29.1. The quantitative estimate of drug-likeness (QED) is 0.0622. The fourth-order valence-corrected chi connectivity index (χ4v) is 6.17. The van der Waals surface area contributed by atoms with E-state index in [4.69, 9.17) is 33.2 Å². The lowest BCUT2D eigenvalue weighted by Crippen LogP contribution is -2.66. The van der Waals surface area contributed by atoms with Crippen LogP contribution in [0.25, 0.3) is 6.08 Å². The summed E-state index contributed by atoms with van der Waals surface area (Å²) in [6.07, 6.45) is -21.5. The fourth-order valence-electron chi connectivity index (χ4n) is 6.17. The van der Waals surface area contributed by atoms with Crippen LogP contribution in [-0.2, 0) is 44.4 Å². The normalized spacial score (nSPS) is 37.3. The van der Waals surface area contributed by atoms with Gasteiger partial charge in [-0.2, -0.15) is 0 Å². The molecule has 0 unspecified atom stereocenters. The first-order valence-electron chi connectivity index (χ1n) is 17.1. The first-order chi connectivity index (χ1) is 25.6. The molecule has 5 rings (SSSR count). The van der Waals surface area contributed by atoms with Gasteiger partial charge in [-0.3, -0.25) is 0 Å². The van der Waals surface area contributed by atoms with Crippen molar-refractivity contribution in [3.8, 4) is 23.0 Å². The third kappa shape index (κ3) is 9.40. The Bertz CT molecular complexity index is 1590. The van der Waals surface area contributed by atoms with E-state index in [2.05, 4.69) is 0 Å². The number of hydrogen-bond acceptors (Lipinski definition) is 19. The van der Waals surface area contributed by atoms with E-state index in [-0.39, 0.29) is 30.3 Å². The molecule has 54 heavy (non-hydrogen) atoms. The maximum absolute atomic E-state index is 13.1. The molecule has 2 aromatic rings. The highest BCUT2D eigenvalue weighted by Gasteiger charge is 2.54. The van der Waals surface area contributed by atoms with Gasteiger partial charge < -0.3 is 89.3 Å². The van der Waals surface area contributed by atoms with Gasteiger partial charge in [0, 0.05) is 6.08 Å². The van der Waals surface area contributed by atoms with Gasteiger partial charge in [0.15, 0.2) is 48.0 Å². The number of phenols is 4. The number of rotatable bonds is 12. The Morgan fingerprint density at radius 2 is 1.28 bits per heavy atom. The molecule has 0 bridgehead atoms. The second-order valence-corrected chi connectivity index (χ2v) is 13.2. The summed E-state index contributed by atoms with van der Waals surface area (Å²) >= 11 is 0. The van der Waals surface area contributed by atoms with E-state index in [0.717, 1.165) is 6.08 Å². The average Bonchev–Trinajstić information content (AvgIpc) is 3.14. The third-order valence-electron chi connectivity index (χ3n) is 9.35. The lowest BCUT2D eigenvalue weighted by molar-refractivity contribution is -0.385. The van der Waals surface area contributed by atoms with Crippen LogP contribution >= 0.6 is 0 Å². The first-order valence-corrected chi connectivity index (χ1v) is 17.1. The van der Waals surface area contributed by atoms with Crippen molar-refractivity contribution in [1.82, 2.24) is 0 Å². The van der Waals surface area contributed by atoms with Crippen molar-refractivity contribution < 1.29 is 94.1 Å². The molecule has 0 aliphatic carbocycles. The zero-order chi connectivity index (χ0) is 39.4. The van der Waals surface area contributed by atoms with Crippen LogP contribution in [0.1, 0.15) is 25.0 Å². The van der Waals surface area contributed by atoms with Gasteiger partial charge in [0.25, 0.3) is 0 Å². The molecule has 2 aromatic carbocycles. The topological polar surface area (TPSA) is 304 Å². The van der Waals surface area contributed by atoms with E-state index >= 15 is 0 Å². The summed E-state index contributed by atoms with van der Waals surface area (Å²) in [5.74, 6) is -2.58. The average molecular weight is 771 g/mol. The summed E-state index contributed by atoms with van der Waals surface area (Å²) in [7, 11) is 0. The second kappa shape index (κ2) is 17.9. The van der Waals surface area contributed by atoms with E-state index < -0.39 is 110 Å². The molecule has 0 saturated carbocycles. The molecule has 19 nitrogen and oxygen atoms in total. The monoisotopic (exact) mass is 770 g/mol. The summed E-state index contributed by atoms with van der Waals surface area (Å²) in [5.41, 5.74) is 0.833. The largest absolute Gasteiger partial charge is 0.504 e. The number of carbonyl (C=O) groups is 1. The molecule has 3 aliphatic heterocycles. The Morgan fingerprint density at radius 3 is 1.93 bits per heavy atom. The van der Waals surface area contributed by atoms with Gasteiger partial charge in [0.05, 0.1) is 25.4 Å². The number of ether oxygens (including phenoxy) is 7. The SMILES string of the molecule is C[C@@H]1O[C@H](O[C@H]2[C@H](O[C@@H]3[C@@H](O)[C@H](OCCc4ccc(O)c(O)c4)O[C@H](CO)[C@H]3OC(=O)/C=C/c3ccc(O)c(O)c3)O[C@@H](C)[C@H](O)[C@H]2O)[C@H](O)[C@H](O)[C@H]1O. The molecule has 19 heteroatoms. The number of benzene rings is 2. The van der Waals surface area contributed by atoms with Crippen molar-refractivity contribution in [3.05, 3.63) is 53.6 Å². The minimum Gasteiger partial charge on any atom is -0.504 e. The van der Waals surface area contributed by atoms with Crippen molar-refractivity contribution >= 4 is 12.0 Å². The molecule has 11 N–H and O–H groups in total. The first kappa shape index (κ1) is 41.5. The van der Waals surface area contributed by atoms with Gasteiger partial charge >= 0.3 is 5.97 Å². The van der Waals surface area contributed by atoms with E-state index in [9.17, 15) is 61.0 Å². The molecule has 15 atom stereocenters. The van der Waals surface area contributed by atoms with Crippen LogP contribution in [0.5, 0.6) is 23.0 Å². The summed E-state index contributed by atoms with van der Waals surface area (Å²) in [4.78, 5) is 13.1. The van der Waals surface area contributed by atoms with Gasteiger partial charge in [-0.05, 0) is 61.7 Å². The van der Waals surface area contributed by atoms with Crippen molar-refractivity contribution in [1.29, 1.82) is 0 Å². The number of esters is 1. The molecular formula is C35H46O19. The Labute approximate surface area is 308 Å². The second-order valence-electron chi connectivity index (χ2n) is 13.2. The maximum atomic E-state index is 13.1. The van der Waals surface area contributed by atoms with E-state index in [1.54, 1.807) is 0 Å². The number of aromatic hydroxyl groups is 4. The highest BCUT2D eigenvalue weighted by molar-refractivity contribution is 5.87. The summed E-state index contributed by atoms with van der Waals surface area (Å²) in [5, 5.41) is 114. The van der Waals surface area contributed by atoms with Crippen LogP contribution in [0.15, 0.2) is 42.5 Å². The Kier molecular flexibility index (Phi) is 13.7. The van der Waals surface area contributed by atoms with Gasteiger partial charge in [0.2, 0.25) is 0 Å². The molecule has 0 amide bonds. The lowest BCUT2D eigenvalue weighted by Gasteiger charge is -2.48. The van der Waals surface area contributed by atoms with Crippen LogP contribution in [0.4, 0.5) is 0 Å². The molecular weight excluding hydrogens is 724 g/mol. The standard InChI is InChI=1S/C35H46O19/c1-14-24(42)26(44)28(46)34(49-14)54-32-27(45)25(43)15(2)50-35(32)53-31-29(47)33(48-10-9-17-4-7-19(38)21(40)12-17)51-22(13-36)30(31)52-23(41)8-5-16-3-6-18(37)20(39)11-16/h3-8,11-12,14-15,22,24-40,42-47H,9-10,13H2,1-2H3/b8-5+/t14-,15-,22+,24-,25-,26+,27+,28+,29+,30+,31+,32+,33+,34+,35-/m0/s1. The van der Waals surface area contributed by atoms with Gasteiger partial charge in [-0.1, -0.05) is 12.1 Å². The molecule has 0 aromatic heterocycles. The van der Waals surface area contributed by atoms with Crippen LogP contribution in [0, 0.1) is 0 Å². The number of hydrogen-bond donors (Lipinski definition) is 11. The molecule has 3 fully saturated rings. The molecule has 300 valence electrons.